The van der Waals surface area contributed by atoms with Crippen LogP contribution < -0.4 is 14.8 Å². The second-order valence-corrected chi connectivity index (χ2v) is 10.1. The molecule has 0 aliphatic carbocycles. The van der Waals surface area contributed by atoms with Gasteiger partial charge in [-0.25, -0.2) is 0 Å². The minimum atomic E-state index is -0.501. The van der Waals surface area contributed by atoms with Gasteiger partial charge >= 0.3 is 0 Å². The molecule has 0 bridgehead atoms. The molecule has 2 aromatic carbocycles. The topological polar surface area (TPSA) is 84.9 Å². The molecule has 180 valence electrons. The van der Waals surface area contributed by atoms with Crippen molar-refractivity contribution in [1.29, 1.82) is 0 Å². The van der Waals surface area contributed by atoms with Crippen molar-refractivity contribution in [3.8, 4) is 11.5 Å². The van der Waals surface area contributed by atoms with Crippen LogP contribution in [0.3, 0.4) is 0 Å². The van der Waals surface area contributed by atoms with E-state index < -0.39 is 17.1 Å². The molecule has 0 unspecified atom stereocenters. The summed E-state index contributed by atoms with van der Waals surface area (Å²) in [5, 5.41) is 2.26. The third-order valence-corrected chi connectivity index (χ3v) is 7.12. The van der Waals surface area contributed by atoms with Gasteiger partial charge < -0.3 is 14.8 Å². The molecule has 7 nitrogen and oxygen atoms in total. The van der Waals surface area contributed by atoms with Crippen molar-refractivity contribution in [2.24, 2.45) is 0 Å². The average molecular weight is 594 g/mol. The number of aryl methyl sites for hydroxylation is 2. The summed E-state index contributed by atoms with van der Waals surface area (Å²) in [7, 11) is 1.56. The van der Waals surface area contributed by atoms with Crippen LogP contribution in [0, 0.1) is 17.4 Å². The van der Waals surface area contributed by atoms with Gasteiger partial charge in [-0.3, -0.25) is 19.3 Å². The fraction of sp³-hybridized carbons (Fsp3) is 0.320. The van der Waals surface area contributed by atoms with Crippen LogP contribution in [-0.2, 0) is 9.59 Å². The molecule has 1 N–H and O–H groups in total. The van der Waals surface area contributed by atoms with E-state index in [-0.39, 0.29) is 17.6 Å². The molecule has 0 radical (unpaired) electrons. The Morgan fingerprint density at radius 2 is 1.94 bits per heavy atom. The molecule has 1 heterocycles. The van der Waals surface area contributed by atoms with E-state index >= 15 is 0 Å². The number of ether oxygens (including phenoxy) is 2. The largest absolute Gasteiger partial charge is 0.493 e. The predicted octanol–water partition coefficient (Wildman–Crippen LogP) is 5.77. The Hall–Kier alpha value is -2.53. The van der Waals surface area contributed by atoms with Crippen LogP contribution in [-0.4, -0.2) is 41.7 Å². The van der Waals surface area contributed by atoms with Gasteiger partial charge in [-0.05, 0) is 109 Å². The van der Waals surface area contributed by atoms with Crippen LogP contribution in [0.1, 0.15) is 37.0 Å². The van der Waals surface area contributed by atoms with E-state index in [1.54, 1.807) is 25.3 Å². The first-order valence-corrected chi connectivity index (χ1v) is 12.7. The fourth-order valence-electron chi connectivity index (χ4n) is 3.17. The van der Waals surface area contributed by atoms with Crippen LogP contribution in [0.5, 0.6) is 11.5 Å². The Kier molecular flexibility index (Phi) is 8.64. The van der Waals surface area contributed by atoms with E-state index in [4.69, 9.17) is 9.47 Å². The van der Waals surface area contributed by atoms with Crippen molar-refractivity contribution in [3.05, 3.63) is 55.5 Å². The second kappa shape index (κ2) is 11.3. The monoisotopic (exact) mass is 594 g/mol. The van der Waals surface area contributed by atoms with Crippen LogP contribution in [0.4, 0.5) is 10.5 Å². The molecular weight excluding hydrogens is 567 g/mol. The Morgan fingerprint density at radius 1 is 1.21 bits per heavy atom. The quantitative estimate of drug-likeness (QED) is 0.309. The van der Waals surface area contributed by atoms with Crippen LogP contribution in [0.2, 0.25) is 0 Å². The lowest BCUT2D eigenvalue weighted by molar-refractivity contribution is -0.127. The number of thioether (sulfide) groups is 1. The highest BCUT2D eigenvalue weighted by molar-refractivity contribution is 14.1. The maximum Gasteiger partial charge on any atom is 0.294 e. The van der Waals surface area contributed by atoms with E-state index in [0.29, 0.717) is 22.7 Å². The number of rotatable bonds is 8. The summed E-state index contributed by atoms with van der Waals surface area (Å²) in [5.41, 5.74) is 3.47. The SMILES string of the molecule is CC[C@H](C)Oc1c(I)cc(/C=C2/SC(=O)N(CC(=O)Nc3ccc(C)c(C)c3)C2=O)cc1OC. The smallest absolute Gasteiger partial charge is 0.294 e. The molecule has 1 aliphatic heterocycles. The minimum absolute atomic E-state index is 0.0275. The Balaban J connectivity index is 1.75. The maximum atomic E-state index is 12.9. The lowest BCUT2D eigenvalue weighted by atomic mass is 10.1. The minimum Gasteiger partial charge on any atom is -0.493 e. The highest BCUT2D eigenvalue weighted by Gasteiger charge is 2.36. The summed E-state index contributed by atoms with van der Waals surface area (Å²) in [6.45, 7) is 7.60. The number of hydrogen-bond donors (Lipinski definition) is 1. The molecule has 1 aliphatic rings. The van der Waals surface area contributed by atoms with Gasteiger partial charge in [0, 0.05) is 5.69 Å². The molecule has 0 saturated carbocycles. The molecule has 3 rings (SSSR count). The van der Waals surface area contributed by atoms with Gasteiger partial charge in [0.15, 0.2) is 11.5 Å². The summed E-state index contributed by atoms with van der Waals surface area (Å²) in [6, 6.07) is 9.17. The molecular formula is C25H27IN2O5S. The van der Waals surface area contributed by atoms with Gasteiger partial charge in [0.2, 0.25) is 5.91 Å². The molecule has 2 aromatic rings. The summed E-state index contributed by atoms with van der Waals surface area (Å²) < 4.78 is 12.3. The molecule has 34 heavy (non-hydrogen) atoms. The zero-order valence-corrected chi connectivity index (χ0v) is 22.7. The maximum absolute atomic E-state index is 12.9. The predicted molar refractivity (Wildman–Crippen MR) is 143 cm³/mol. The Bertz CT molecular complexity index is 1160. The van der Waals surface area contributed by atoms with Crippen molar-refractivity contribution < 1.29 is 23.9 Å². The van der Waals surface area contributed by atoms with Gasteiger partial charge in [-0.1, -0.05) is 13.0 Å². The van der Waals surface area contributed by atoms with Crippen molar-refractivity contribution in [1.82, 2.24) is 4.90 Å². The van der Waals surface area contributed by atoms with E-state index in [0.717, 1.165) is 37.8 Å². The first-order chi connectivity index (χ1) is 16.1. The van der Waals surface area contributed by atoms with Gasteiger partial charge in [-0.2, -0.15) is 0 Å². The number of halogens is 1. The summed E-state index contributed by atoms with van der Waals surface area (Å²) in [5.74, 6) is 0.255. The molecule has 0 spiro atoms. The number of nitrogens with zero attached hydrogens (tertiary/aromatic N) is 1. The Morgan fingerprint density at radius 3 is 2.59 bits per heavy atom. The zero-order valence-electron chi connectivity index (χ0n) is 19.7. The highest BCUT2D eigenvalue weighted by Crippen LogP contribution is 2.38. The number of amides is 3. The van der Waals surface area contributed by atoms with E-state index in [1.807, 2.05) is 45.9 Å². The highest BCUT2D eigenvalue weighted by atomic mass is 127. The van der Waals surface area contributed by atoms with Crippen molar-refractivity contribution in [2.75, 3.05) is 19.0 Å². The number of hydrogen-bond acceptors (Lipinski definition) is 6. The number of carbonyl (C=O) groups excluding carboxylic acids is 3. The van der Waals surface area contributed by atoms with Crippen molar-refractivity contribution in [2.45, 2.75) is 40.2 Å². The third-order valence-electron chi connectivity index (χ3n) is 5.41. The standard InChI is InChI=1S/C25H27IN2O5S/c1-6-16(4)33-23-19(26)10-17(11-20(23)32-5)12-21-24(30)28(25(31)34-21)13-22(29)27-18-8-7-14(2)15(3)9-18/h7-12,16H,6,13H2,1-5H3,(H,27,29)/b21-12+/t16-/m0/s1. The van der Waals surface area contributed by atoms with Crippen molar-refractivity contribution >= 4 is 63.2 Å². The summed E-state index contributed by atoms with van der Waals surface area (Å²) >= 11 is 2.97. The number of benzene rings is 2. The second-order valence-electron chi connectivity index (χ2n) is 7.99. The van der Waals surface area contributed by atoms with Crippen LogP contribution >= 0.6 is 34.4 Å². The number of methoxy groups -OCH3 is 1. The lowest BCUT2D eigenvalue weighted by Crippen LogP contribution is -2.36. The number of nitrogens with one attached hydrogen (secondary N) is 1. The van der Waals surface area contributed by atoms with Gasteiger partial charge in [-0.15, -0.1) is 0 Å². The lowest BCUT2D eigenvalue weighted by Gasteiger charge is -2.17. The molecule has 1 fully saturated rings. The molecule has 9 heteroatoms. The van der Waals surface area contributed by atoms with Gasteiger partial charge in [0.1, 0.15) is 6.54 Å². The Labute approximate surface area is 217 Å². The number of carbonyl (C=O) groups is 3. The fourth-order valence-corrected chi connectivity index (χ4v) is 4.76. The number of anilines is 1. The molecule has 3 amide bonds. The van der Waals surface area contributed by atoms with Gasteiger partial charge in [0.05, 0.1) is 21.7 Å². The van der Waals surface area contributed by atoms with E-state index in [9.17, 15) is 14.4 Å². The van der Waals surface area contributed by atoms with E-state index in [2.05, 4.69) is 27.9 Å². The van der Waals surface area contributed by atoms with Crippen LogP contribution in [0.25, 0.3) is 6.08 Å². The van der Waals surface area contributed by atoms with Crippen LogP contribution in [0.15, 0.2) is 35.2 Å². The number of imide groups is 1. The molecule has 1 saturated heterocycles. The normalized spacial score (nSPS) is 15.6. The summed E-state index contributed by atoms with van der Waals surface area (Å²) in [4.78, 5) is 39.0. The zero-order chi connectivity index (χ0) is 25.0. The van der Waals surface area contributed by atoms with Gasteiger partial charge in [0.25, 0.3) is 11.1 Å². The first kappa shape index (κ1) is 26.1. The molecule has 1 atom stereocenters. The third kappa shape index (κ3) is 6.12. The van der Waals surface area contributed by atoms with E-state index in [1.165, 1.54) is 0 Å². The first-order valence-electron chi connectivity index (χ1n) is 10.8. The summed E-state index contributed by atoms with van der Waals surface area (Å²) in [6.07, 6.45) is 2.51. The average Bonchev–Trinajstić information content (AvgIpc) is 3.04. The molecule has 0 aromatic heterocycles. The van der Waals surface area contributed by atoms with Crippen molar-refractivity contribution in [3.63, 3.8) is 0 Å².